The lowest BCUT2D eigenvalue weighted by Gasteiger charge is -2.14. The minimum atomic E-state index is -3.58. The SMILES string of the molecule is CC(C(N)=S)S(=O)(=O)NCc1cc(Br)cc2c1OCC2. The molecule has 0 saturated carbocycles. The maximum atomic E-state index is 12.0. The minimum Gasteiger partial charge on any atom is -0.493 e. The van der Waals surface area contributed by atoms with Crippen LogP contribution in [0.3, 0.4) is 0 Å². The fraction of sp³-hybridized carbons (Fsp3) is 0.417. The van der Waals surface area contributed by atoms with Crippen LogP contribution >= 0.6 is 28.1 Å². The highest BCUT2D eigenvalue weighted by atomic mass is 79.9. The van der Waals surface area contributed by atoms with Gasteiger partial charge in [-0.05, 0) is 24.6 Å². The van der Waals surface area contributed by atoms with Gasteiger partial charge in [-0.3, -0.25) is 0 Å². The average Bonchev–Trinajstić information content (AvgIpc) is 2.82. The summed E-state index contributed by atoms with van der Waals surface area (Å²) in [5, 5.41) is -0.904. The Hall–Kier alpha value is -0.700. The Labute approximate surface area is 132 Å². The molecule has 0 saturated heterocycles. The Bertz CT molecular complexity index is 646. The molecule has 0 radical (unpaired) electrons. The van der Waals surface area contributed by atoms with E-state index < -0.39 is 15.3 Å². The molecule has 110 valence electrons. The van der Waals surface area contributed by atoms with Gasteiger partial charge < -0.3 is 10.5 Å². The first-order valence-electron chi connectivity index (χ1n) is 6.03. The topological polar surface area (TPSA) is 81.4 Å². The molecule has 1 aromatic rings. The van der Waals surface area contributed by atoms with Crippen LogP contribution in [0.1, 0.15) is 18.1 Å². The minimum absolute atomic E-state index is 0.0479. The van der Waals surface area contributed by atoms with Crippen molar-refractivity contribution in [1.29, 1.82) is 0 Å². The van der Waals surface area contributed by atoms with E-state index in [2.05, 4.69) is 20.7 Å². The van der Waals surface area contributed by atoms with Crippen LogP contribution in [0.5, 0.6) is 5.75 Å². The van der Waals surface area contributed by atoms with E-state index in [0.29, 0.717) is 6.61 Å². The predicted octanol–water partition coefficient (Wildman–Crippen LogP) is 1.48. The van der Waals surface area contributed by atoms with Gasteiger partial charge in [0.25, 0.3) is 0 Å². The first kappa shape index (κ1) is 15.7. The van der Waals surface area contributed by atoms with Crippen LogP contribution in [0.2, 0.25) is 0 Å². The largest absolute Gasteiger partial charge is 0.493 e. The van der Waals surface area contributed by atoms with Crippen molar-refractivity contribution in [2.45, 2.75) is 25.1 Å². The number of nitrogens with one attached hydrogen (secondary N) is 1. The van der Waals surface area contributed by atoms with E-state index in [4.69, 9.17) is 22.7 Å². The van der Waals surface area contributed by atoms with Gasteiger partial charge in [0.1, 0.15) is 11.0 Å². The van der Waals surface area contributed by atoms with Gasteiger partial charge in [-0.1, -0.05) is 28.1 Å². The number of ether oxygens (including phenoxy) is 1. The second-order valence-electron chi connectivity index (χ2n) is 4.56. The summed E-state index contributed by atoms with van der Waals surface area (Å²) in [6.07, 6.45) is 0.831. The Morgan fingerprint density at radius 2 is 2.30 bits per heavy atom. The first-order valence-corrected chi connectivity index (χ1v) is 8.78. The third-order valence-electron chi connectivity index (χ3n) is 3.16. The van der Waals surface area contributed by atoms with Crippen molar-refractivity contribution < 1.29 is 13.2 Å². The Morgan fingerprint density at radius 3 is 2.95 bits per heavy atom. The van der Waals surface area contributed by atoms with E-state index in [1.807, 2.05) is 12.1 Å². The van der Waals surface area contributed by atoms with Crippen molar-refractivity contribution >= 4 is 43.2 Å². The van der Waals surface area contributed by atoms with E-state index in [1.54, 1.807) is 0 Å². The van der Waals surface area contributed by atoms with Crippen molar-refractivity contribution in [1.82, 2.24) is 4.72 Å². The zero-order chi connectivity index (χ0) is 14.9. The highest BCUT2D eigenvalue weighted by Gasteiger charge is 2.24. The molecule has 0 amide bonds. The molecule has 20 heavy (non-hydrogen) atoms. The van der Waals surface area contributed by atoms with Crippen LogP contribution in [0.15, 0.2) is 16.6 Å². The van der Waals surface area contributed by atoms with E-state index in [-0.39, 0.29) is 11.5 Å². The third kappa shape index (κ3) is 3.30. The number of hydrogen-bond acceptors (Lipinski definition) is 4. The van der Waals surface area contributed by atoms with Gasteiger partial charge in [0.05, 0.1) is 11.6 Å². The third-order valence-corrected chi connectivity index (χ3v) is 5.85. The maximum absolute atomic E-state index is 12.0. The molecule has 0 aliphatic carbocycles. The monoisotopic (exact) mass is 378 g/mol. The summed E-state index contributed by atoms with van der Waals surface area (Å²) >= 11 is 8.14. The van der Waals surface area contributed by atoms with Gasteiger partial charge in [0.15, 0.2) is 0 Å². The molecule has 1 aromatic carbocycles. The second kappa shape index (κ2) is 5.97. The van der Waals surface area contributed by atoms with Crippen LogP contribution < -0.4 is 15.2 Å². The molecular weight excluding hydrogens is 364 g/mol. The molecule has 1 aliphatic heterocycles. The fourth-order valence-electron chi connectivity index (χ4n) is 1.93. The standard InChI is InChI=1S/C12H15BrN2O3S2/c1-7(12(14)19)20(16,17)15-6-9-5-10(13)4-8-2-3-18-11(8)9/h4-5,7,15H,2-3,6H2,1H3,(H2,14,19). The number of fused-ring (bicyclic) bond motifs is 1. The molecule has 3 N–H and O–H groups in total. The van der Waals surface area contributed by atoms with Gasteiger partial charge in [0.2, 0.25) is 10.0 Å². The maximum Gasteiger partial charge on any atom is 0.221 e. The lowest BCUT2D eigenvalue weighted by Crippen LogP contribution is -2.39. The summed E-state index contributed by atoms with van der Waals surface area (Å²) in [4.78, 5) is -0.0479. The van der Waals surface area contributed by atoms with Crippen LogP contribution in [0, 0.1) is 0 Å². The predicted molar refractivity (Wildman–Crippen MR) is 85.3 cm³/mol. The summed E-state index contributed by atoms with van der Waals surface area (Å²) in [5.41, 5.74) is 7.26. The Morgan fingerprint density at radius 1 is 1.60 bits per heavy atom. The highest BCUT2D eigenvalue weighted by Crippen LogP contribution is 2.33. The van der Waals surface area contributed by atoms with Crippen LogP contribution in [0.25, 0.3) is 0 Å². The van der Waals surface area contributed by atoms with Crippen LogP contribution in [-0.2, 0) is 23.0 Å². The van der Waals surface area contributed by atoms with E-state index in [1.165, 1.54) is 6.92 Å². The molecule has 1 aliphatic rings. The van der Waals surface area contributed by atoms with Gasteiger partial charge in [-0.25, -0.2) is 13.1 Å². The molecule has 0 spiro atoms. The number of halogens is 1. The van der Waals surface area contributed by atoms with Crippen LogP contribution in [0.4, 0.5) is 0 Å². The summed E-state index contributed by atoms with van der Waals surface area (Å²) < 4.78 is 33.0. The lowest BCUT2D eigenvalue weighted by molar-refractivity contribution is 0.353. The van der Waals surface area contributed by atoms with E-state index in [0.717, 1.165) is 27.8 Å². The molecule has 0 bridgehead atoms. The molecule has 1 unspecified atom stereocenters. The van der Waals surface area contributed by atoms with Crippen molar-refractivity contribution in [3.8, 4) is 5.75 Å². The van der Waals surface area contributed by atoms with Crippen molar-refractivity contribution in [3.63, 3.8) is 0 Å². The van der Waals surface area contributed by atoms with E-state index in [9.17, 15) is 8.42 Å². The molecule has 0 fully saturated rings. The van der Waals surface area contributed by atoms with Gasteiger partial charge in [0, 0.05) is 23.0 Å². The highest BCUT2D eigenvalue weighted by molar-refractivity contribution is 9.10. The molecule has 1 atom stereocenters. The molecular formula is C12H15BrN2O3S2. The fourth-order valence-corrected chi connectivity index (χ4v) is 3.78. The van der Waals surface area contributed by atoms with Crippen molar-refractivity contribution in [2.24, 2.45) is 5.73 Å². The van der Waals surface area contributed by atoms with Gasteiger partial charge in [-0.15, -0.1) is 0 Å². The number of rotatable bonds is 5. The smallest absolute Gasteiger partial charge is 0.221 e. The second-order valence-corrected chi connectivity index (χ2v) is 8.04. The van der Waals surface area contributed by atoms with Crippen molar-refractivity contribution in [3.05, 3.63) is 27.7 Å². The number of benzene rings is 1. The quantitative estimate of drug-likeness (QED) is 0.758. The Balaban J connectivity index is 2.18. The molecule has 5 nitrogen and oxygen atoms in total. The van der Waals surface area contributed by atoms with Gasteiger partial charge in [-0.2, -0.15) is 0 Å². The number of thiocarbonyl (C=S) groups is 1. The Kier molecular flexibility index (Phi) is 4.68. The lowest BCUT2D eigenvalue weighted by atomic mass is 10.1. The molecule has 8 heteroatoms. The zero-order valence-corrected chi connectivity index (χ0v) is 14.1. The number of sulfonamides is 1. The van der Waals surface area contributed by atoms with Gasteiger partial charge >= 0.3 is 0 Å². The zero-order valence-electron chi connectivity index (χ0n) is 10.8. The summed E-state index contributed by atoms with van der Waals surface area (Å²) in [6.45, 7) is 2.23. The van der Waals surface area contributed by atoms with Crippen molar-refractivity contribution in [2.75, 3.05) is 6.61 Å². The molecule has 2 rings (SSSR count). The number of hydrogen-bond donors (Lipinski definition) is 2. The average molecular weight is 379 g/mol. The van der Waals surface area contributed by atoms with Crippen LogP contribution in [-0.4, -0.2) is 25.3 Å². The molecule has 1 heterocycles. The first-order chi connectivity index (χ1) is 9.31. The number of nitrogens with two attached hydrogens (primary N) is 1. The summed E-state index contributed by atoms with van der Waals surface area (Å²) in [6, 6.07) is 3.83. The summed E-state index contributed by atoms with van der Waals surface area (Å²) in [7, 11) is -3.58. The summed E-state index contributed by atoms with van der Waals surface area (Å²) in [5.74, 6) is 0.763. The normalized spacial score (nSPS) is 15.5. The van der Waals surface area contributed by atoms with E-state index >= 15 is 0 Å². The molecule has 0 aromatic heterocycles.